The number of aryl methyl sites for hydroxylation is 1. The number of hydrogen-bond donors (Lipinski definition) is 1. The number of nitrogens with zero attached hydrogens (tertiary/aromatic N) is 1. The van der Waals surface area contributed by atoms with Gasteiger partial charge in [0, 0.05) is 18.5 Å². The summed E-state index contributed by atoms with van der Waals surface area (Å²) in [5.74, 6) is -0.737. The van der Waals surface area contributed by atoms with Crippen molar-refractivity contribution in [2.45, 2.75) is 17.1 Å². The lowest BCUT2D eigenvalue weighted by Gasteiger charge is -2.31. The van der Waals surface area contributed by atoms with E-state index in [4.69, 9.17) is 5.11 Å². The molecular weight excluding hydrogens is 210 g/mol. The van der Waals surface area contributed by atoms with Crippen molar-refractivity contribution < 1.29 is 9.90 Å². The quantitative estimate of drug-likeness (QED) is 0.790. The number of benzene rings is 1. The van der Waals surface area contributed by atoms with Crippen molar-refractivity contribution >= 4 is 23.4 Å². The molecule has 1 aromatic rings. The van der Waals surface area contributed by atoms with Crippen molar-refractivity contribution in [1.82, 2.24) is 0 Å². The van der Waals surface area contributed by atoms with E-state index in [9.17, 15) is 4.79 Å². The van der Waals surface area contributed by atoms with Gasteiger partial charge in [0.05, 0.1) is 5.69 Å². The molecule has 0 aliphatic carbocycles. The minimum absolute atomic E-state index is 0.357. The van der Waals surface area contributed by atoms with E-state index in [1.54, 1.807) is 0 Å². The molecule has 4 heteroatoms. The highest BCUT2D eigenvalue weighted by Crippen LogP contribution is 2.38. The van der Waals surface area contributed by atoms with E-state index in [2.05, 4.69) is 12.1 Å². The number of aliphatic carboxylic acids is 1. The first-order chi connectivity index (χ1) is 7.08. The Kier molecular flexibility index (Phi) is 2.61. The number of carbonyl (C=O) groups is 1. The van der Waals surface area contributed by atoms with Gasteiger partial charge in [-0.1, -0.05) is 6.07 Å². The van der Waals surface area contributed by atoms with Crippen LogP contribution in [-0.2, 0) is 4.79 Å². The van der Waals surface area contributed by atoms with Crippen molar-refractivity contribution in [3.8, 4) is 0 Å². The monoisotopic (exact) mass is 223 g/mol. The molecule has 1 N–H and O–H groups in total. The highest BCUT2D eigenvalue weighted by molar-refractivity contribution is 8.00. The normalized spacial score (nSPS) is 19.9. The molecule has 0 spiro atoms. The van der Waals surface area contributed by atoms with E-state index >= 15 is 0 Å². The van der Waals surface area contributed by atoms with Crippen LogP contribution in [0.5, 0.6) is 0 Å². The van der Waals surface area contributed by atoms with Gasteiger partial charge in [0.1, 0.15) is 5.25 Å². The SMILES string of the molecule is Cc1ccc2c(c1)SC(C(=O)O)CN2C. The van der Waals surface area contributed by atoms with Gasteiger partial charge in [0.2, 0.25) is 0 Å². The number of anilines is 1. The molecule has 2 rings (SSSR count). The minimum Gasteiger partial charge on any atom is -0.480 e. The molecule has 3 nitrogen and oxygen atoms in total. The number of thioether (sulfide) groups is 1. The van der Waals surface area contributed by atoms with Crippen LogP contribution in [0.15, 0.2) is 23.1 Å². The second-order valence-electron chi connectivity index (χ2n) is 3.80. The van der Waals surface area contributed by atoms with Crippen molar-refractivity contribution in [2.75, 3.05) is 18.5 Å². The second-order valence-corrected chi connectivity index (χ2v) is 5.04. The van der Waals surface area contributed by atoms with E-state index in [1.165, 1.54) is 17.3 Å². The number of rotatable bonds is 1. The summed E-state index contributed by atoms with van der Waals surface area (Å²) in [5.41, 5.74) is 2.30. The Balaban J connectivity index is 2.37. The third kappa shape index (κ3) is 1.95. The van der Waals surface area contributed by atoms with Gasteiger partial charge in [0.25, 0.3) is 0 Å². The zero-order valence-corrected chi connectivity index (χ0v) is 9.54. The number of carboxylic acid groups (broad SMARTS) is 1. The summed E-state index contributed by atoms with van der Waals surface area (Å²) in [7, 11) is 1.93. The second kappa shape index (κ2) is 3.77. The summed E-state index contributed by atoms with van der Waals surface area (Å²) >= 11 is 1.44. The lowest BCUT2D eigenvalue weighted by molar-refractivity contribution is -0.136. The molecule has 1 heterocycles. The molecule has 80 valence electrons. The fourth-order valence-electron chi connectivity index (χ4n) is 1.70. The van der Waals surface area contributed by atoms with Gasteiger partial charge in [-0.2, -0.15) is 0 Å². The van der Waals surface area contributed by atoms with Crippen LogP contribution in [0.2, 0.25) is 0 Å². The molecule has 0 aromatic heterocycles. The Labute approximate surface area is 93.1 Å². The van der Waals surface area contributed by atoms with E-state index in [-0.39, 0.29) is 5.25 Å². The molecule has 1 unspecified atom stereocenters. The van der Waals surface area contributed by atoms with Crippen LogP contribution in [0.25, 0.3) is 0 Å². The summed E-state index contributed by atoms with van der Waals surface area (Å²) in [6.07, 6.45) is 0. The predicted octanol–water partition coefficient (Wildman–Crippen LogP) is 1.99. The molecule has 0 saturated heterocycles. The van der Waals surface area contributed by atoms with E-state index in [1.807, 2.05) is 24.9 Å². The Morgan fingerprint density at radius 1 is 1.60 bits per heavy atom. The Bertz CT molecular complexity index is 406. The van der Waals surface area contributed by atoms with Gasteiger partial charge in [0.15, 0.2) is 0 Å². The first-order valence-corrected chi connectivity index (χ1v) is 5.67. The van der Waals surface area contributed by atoms with Gasteiger partial charge in [-0.15, -0.1) is 11.8 Å². The van der Waals surface area contributed by atoms with Gasteiger partial charge in [-0.3, -0.25) is 4.79 Å². The van der Waals surface area contributed by atoms with Gasteiger partial charge in [-0.05, 0) is 24.6 Å². The average Bonchev–Trinajstić information content (AvgIpc) is 2.16. The standard InChI is InChI=1S/C11H13NO2S/c1-7-3-4-8-9(5-7)15-10(11(13)14)6-12(8)2/h3-5,10H,6H2,1-2H3,(H,13,14). The van der Waals surface area contributed by atoms with Crippen LogP contribution in [0, 0.1) is 6.92 Å². The maximum atomic E-state index is 10.9. The number of fused-ring (bicyclic) bond motifs is 1. The topological polar surface area (TPSA) is 40.5 Å². The van der Waals surface area contributed by atoms with Crippen LogP contribution in [0.4, 0.5) is 5.69 Å². The Hall–Kier alpha value is -1.16. The number of carboxylic acids is 1. The summed E-state index contributed by atoms with van der Waals surface area (Å²) in [6, 6.07) is 6.15. The highest BCUT2D eigenvalue weighted by atomic mass is 32.2. The molecule has 1 atom stereocenters. The predicted molar refractivity (Wildman–Crippen MR) is 61.7 cm³/mol. The third-order valence-corrected chi connectivity index (χ3v) is 3.73. The molecule has 0 bridgehead atoms. The number of hydrogen-bond acceptors (Lipinski definition) is 3. The molecule has 0 fully saturated rings. The van der Waals surface area contributed by atoms with Gasteiger partial charge >= 0.3 is 5.97 Å². The summed E-state index contributed by atoms with van der Waals surface area (Å²) < 4.78 is 0. The van der Waals surface area contributed by atoms with Crippen molar-refractivity contribution in [3.63, 3.8) is 0 Å². The van der Waals surface area contributed by atoms with Crippen molar-refractivity contribution in [1.29, 1.82) is 0 Å². The largest absolute Gasteiger partial charge is 0.480 e. The van der Waals surface area contributed by atoms with Gasteiger partial charge < -0.3 is 10.0 Å². The molecule has 0 saturated carbocycles. The van der Waals surface area contributed by atoms with Crippen LogP contribution in [-0.4, -0.2) is 29.9 Å². The summed E-state index contributed by atoms with van der Waals surface area (Å²) in [4.78, 5) is 14.0. The lowest BCUT2D eigenvalue weighted by atomic mass is 10.2. The molecule has 15 heavy (non-hydrogen) atoms. The molecule has 1 aliphatic rings. The van der Waals surface area contributed by atoms with Crippen molar-refractivity contribution in [3.05, 3.63) is 23.8 Å². The molecule has 0 amide bonds. The third-order valence-electron chi connectivity index (χ3n) is 2.51. The first-order valence-electron chi connectivity index (χ1n) is 4.79. The average molecular weight is 223 g/mol. The maximum Gasteiger partial charge on any atom is 0.318 e. The molecular formula is C11H13NO2S. The van der Waals surface area contributed by atoms with E-state index in [0.29, 0.717) is 6.54 Å². The van der Waals surface area contributed by atoms with Crippen LogP contribution >= 0.6 is 11.8 Å². The lowest BCUT2D eigenvalue weighted by Crippen LogP contribution is -2.35. The van der Waals surface area contributed by atoms with E-state index < -0.39 is 5.97 Å². The molecule has 1 aliphatic heterocycles. The zero-order chi connectivity index (χ0) is 11.0. The Morgan fingerprint density at radius 2 is 2.33 bits per heavy atom. The molecule has 1 aromatic carbocycles. The van der Waals surface area contributed by atoms with Crippen LogP contribution in [0.1, 0.15) is 5.56 Å². The molecule has 0 radical (unpaired) electrons. The van der Waals surface area contributed by atoms with Gasteiger partial charge in [-0.25, -0.2) is 0 Å². The van der Waals surface area contributed by atoms with Crippen molar-refractivity contribution in [2.24, 2.45) is 0 Å². The Morgan fingerprint density at radius 3 is 3.00 bits per heavy atom. The highest BCUT2D eigenvalue weighted by Gasteiger charge is 2.27. The zero-order valence-electron chi connectivity index (χ0n) is 8.73. The maximum absolute atomic E-state index is 10.9. The summed E-state index contributed by atoms with van der Waals surface area (Å²) in [5, 5.41) is 8.65. The smallest absolute Gasteiger partial charge is 0.318 e. The minimum atomic E-state index is -0.737. The van der Waals surface area contributed by atoms with Crippen LogP contribution < -0.4 is 4.90 Å². The van der Waals surface area contributed by atoms with Crippen LogP contribution in [0.3, 0.4) is 0 Å². The van der Waals surface area contributed by atoms with E-state index in [0.717, 1.165) is 10.6 Å². The fourth-order valence-corrected chi connectivity index (χ4v) is 3.00. The fraction of sp³-hybridized carbons (Fsp3) is 0.364. The first kappa shape index (κ1) is 10.4. The summed E-state index contributed by atoms with van der Waals surface area (Å²) in [6.45, 7) is 2.58.